The number of nitrogens with zero attached hydrogens (tertiary/aromatic N) is 6. The molecule has 15 heteroatoms. The van der Waals surface area contributed by atoms with E-state index in [1.165, 1.54) is 12.8 Å². The summed E-state index contributed by atoms with van der Waals surface area (Å²) in [6, 6.07) is 22.0. The summed E-state index contributed by atoms with van der Waals surface area (Å²) in [6.07, 6.45) is 8.01. The van der Waals surface area contributed by atoms with Gasteiger partial charge in [-0.25, -0.2) is 4.68 Å². The number of rotatable bonds is 11. The van der Waals surface area contributed by atoms with Crippen LogP contribution in [0.4, 0.5) is 11.5 Å². The number of hydrogen-bond donors (Lipinski definition) is 3. The number of amides is 5. The summed E-state index contributed by atoms with van der Waals surface area (Å²) in [7, 11) is 0. The van der Waals surface area contributed by atoms with Crippen molar-refractivity contribution < 1.29 is 28.7 Å². The van der Waals surface area contributed by atoms with Crippen LogP contribution in [0.2, 0.25) is 0 Å². The van der Waals surface area contributed by atoms with Crippen LogP contribution in [0.5, 0.6) is 11.5 Å². The smallest absolute Gasteiger partial charge is 0.262 e. The zero-order valence-corrected chi connectivity index (χ0v) is 36.3. The second-order valence-corrected chi connectivity index (χ2v) is 18.6. The van der Waals surface area contributed by atoms with Gasteiger partial charge in [-0.2, -0.15) is 5.10 Å². The number of para-hydroxylation sites is 1. The number of benzene rings is 3. The maximum Gasteiger partial charge on any atom is 0.262 e. The zero-order chi connectivity index (χ0) is 43.9. The molecule has 4 aromatic rings. The third-order valence-electron chi connectivity index (χ3n) is 14.6. The van der Waals surface area contributed by atoms with Gasteiger partial charge in [-0.05, 0) is 150 Å². The fourth-order valence-electron chi connectivity index (χ4n) is 11.1. The molecule has 1 aromatic heterocycles. The van der Waals surface area contributed by atoms with Gasteiger partial charge in [0.2, 0.25) is 11.8 Å². The molecule has 2 unspecified atom stereocenters. The first-order chi connectivity index (χ1) is 31.2. The van der Waals surface area contributed by atoms with Crippen molar-refractivity contribution in [2.45, 2.75) is 69.9 Å². The highest BCUT2D eigenvalue weighted by Gasteiger charge is 2.45. The fourth-order valence-corrected chi connectivity index (χ4v) is 11.1. The number of ether oxygens (including phenoxy) is 1. The molecule has 334 valence electrons. The number of likely N-dealkylation sites (tertiary alicyclic amines) is 2. The van der Waals surface area contributed by atoms with Crippen LogP contribution in [0.1, 0.15) is 94.9 Å². The van der Waals surface area contributed by atoms with E-state index in [4.69, 9.17) is 15.6 Å². The number of aromatic nitrogens is 2. The minimum atomic E-state index is -0.959. The SMILES string of the molecule is NC(=O)c1c(-c2ccc(Oc3ccccc3)cc2)nn2c1NCCC2C1CCN(CC2CCN(CC3CCN(c4ccc5c(c4)C(=O)N(C4CCC(=O)NC4=O)C5=O)CC3)CC2)CC1. The number of carbonyl (C=O) groups is 5. The van der Waals surface area contributed by atoms with Gasteiger partial charge in [0, 0.05) is 50.4 Å². The summed E-state index contributed by atoms with van der Waals surface area (Å²) in [4.78, 5) is 72.3. The number of piperidine rings is 4. The molecule has 0 spiro atoms. The average molecular weight is 868 g/mol. The van der Waals surface area contributed by atoms with Crippen molar-refractivity contribution in [2.75, 3.05) is 69.1 Å². The molecule has 2 atom stereocenters. The number of carbonyl (C=O) groups excluding carboxylic acids is 5. The number of nitrogens with one attached hydrogen (secondary N) is 2. The lowest BCUT2D eigenvalue weighted by atomic mass is 9.86. The van der Waals surface area contributed by atoms with Crippen molar-refractivity contribution in [3.8, 4) is 22.8 Å². The first-order valence-corrected chi connectivity index (χ1v) is 23.2. The molecule has 0 bridgehead atoms. The largest absolute Gasteiger partial charge is 0.457 e. The molecule has 7 heterocycles. The lowest BCUT2D eigenvalue weighted by Gasteiger charge is -2.41. The van der Waals surface area contributed by atoms with Gasteiger partial charge in [0.25, 0.3) is 17.7 Å². The second kappa shape index (κ2) is 17.8. The number of nitrogens with two attached hydrogens (primary N) is 1. The number of primary amides is 1. The average Bonchev–Trinajstić information content (AvgIpc) is 3.83. The zero-order valence-electron chi connectivity index (χ0n) is 36.3. The molecular formula is C49H57N9O6. The summed E-state index contributed by atoms with van der Waals surface area (Å²) in [5.74, 6) is 1.62. The number of fused-ring (bicyclic) bond motifs is 2. The standard InChI is InChI=1S/C49H57N9O6/c50-45(60)43-44(34-6-9-37(10-7-34)64-36-4-2-1-3-5-36)53-58-40(14-21-51-46(43)58)33-19-24-55(25-20-33)29-31-15-22-54(23-16-31)30-32-17-26-56(27-18-32)35-8-11-38-39(28-35)49(63)57(48(38)62)41-12-13-42(59)52-47(41)61/h1-11,28,31-33,40-41,51H,12-27,29-30H2,(H2,50,60)(H,52,59,61). The van der Waals surface area contributed by atoms with Crippen LogP contribution in [0.25, 0.3) is 11.3 Å². The van der Waals surface area contributed by atoms with Crippen molar-refractivity contribution in [2.24, 2.45) is 23.5 Å². The minimum Gasteiger partial charge on any atom is -0.457 e. The molecule has 6 aliphatic heterocycles. The van der Waals surface area contributed by atoms with E-state index in [1.54, 1.807) is 12.1 Å². The molecule has 4 N–H and O–H groups in total. The Kier molecular flexibility index (Phi) is 11.7. The van der Waals surface area contributed by atoms with Gasteiger partial charge >= 0.3 is 0 Å². The third kappa shape index (κ3) is 8.38. The van der Waals surface area contributed by atoms with E-state index in [-0.39, 0.29) is 24.8 Å². The van der Waals surface area contributed by atoms with Gasteiger partial charge in [-0.3, -0.25) is 34.2 Å². The third-order valence-corrected chi connectivity index (χ3v) is 14.6. The number of imide groups is 2. The van der Waals surface area contributed by atoms with E-state index in [1.807, 2.05) is 60.7 Å². The van der Waals surface area contributed by atoms with E-state index < -0.39 is 29.7 Å². The maximum absolute atomic E-state index is 13.4. The quantitative estimate of drug-likeness (QED) is 0.162. The second-order valence-electron chi connectivity index (χ2n) is 18.6. The Bertz CT molecular complexity index is 2410. The molecule has 15 nitrogen and oxygen atoms in total. The normalized spacial score (nSPS) is 22.9. The van der Waals surface area contributed by atoms with E-state index >= 15 is 0 Å². The maximum atomic E-state index is 13.4. The Labute approximate surface area is 373 Å². The van der Waals surface area contributed by atoms with Crippen LogP contribution >= 0.6 is 0 Å². The topological polar surface area (TPSA) is 175 Å². The first-order valence-electron chi connectivity index (χ1n) is 23.2. The first kappa shape index (κ1) is 41.9. The molecule has 64 heavy (non-hydrogen) atoms. The van der Waals surface area contributed by atoms with Crippen LogP contribution in [-0.4, -0.2) is 119 Å². The van der Waals surface area contributed by atoms with Crippen LogP contribution in [-0.2, 0) is 9.59 Å². The highest BCUT2D eigenvalue weighted by atomic mass is 16.5. The monoisotopic (exact) mass is 867 g/mol. The lowest BCUT2D eigenvalue weighted by molar-refractivity contribution is -0.136. The van der Waals surface area contributed by atoms with Crippen LogP contribution < -0.4 is 26.0 Å². The summed E-state index contributed by atoms with van der Waals surface area (Å²) in [5, 5.41) is 10.8. The van der Waals surface area contributed by atoms with E-state index in [0.717, 1.165) is 119 Å². The molecular weight excluding hydrogens is 811 g/mol. The van der Waals surface area contributed by atoms with Crippen molar-refractivity contribution in [1.29, 1.82) is 0 Å². The Balaban J connectivity index is 0.677. The van der Waals surface area contributed by atoms with Crippen LogP contribution in [0.15, 0.2) is 72.8 Å². The highest BCUT2D eigenvalue weighted by Crippen LogP contribution is 2.41. The van der Waals surface area contributed by atoms with E-state index in [0.29, 0.717) is 45.9 Å². The summed E-state index contributed by atoms with van der Waals surface area (Å²) < 4.78 is 8.06. The van der Waals surface area contributed by atoms with Gasteiger partial charge < -0.3 is 30.5 Å². The Hall–Kier alpha value is -6.06. The van der Waals surface area contributed by atoms with Gasteiger partial charge in [0.15, 0.2) is 0 Å². The van der Waals surface area contributed by atoms with Crippen LogP contribution in [0, 0.1) is 17.8 Å². The predicted molar refractivity (Wildman–Crippen MR) is 241 cm³/mol. The van der Waals surface area contributed by atoms with E-state index in [2.05, 4.69) is 30.0 Å². The lowest BCUT2D eigenvalue weighted by Crippen LogP contribution is -2.54. The molecule has 6 aliphatic rings. The molecule has 4 saturated heterocycles. The van der Waals surface area contributed by atoms with Crippen molar-refractivity contribution in [3.05, 3.63) is 89.5 Å². The molecule has 0 aliphatic carbocycles. The van der Waals surface area contributed by atoms with Crippen molar-refractivity contribution >= 4 is 41.0 Å². The number of hydrogen-bond acceptors (Lipinski definition) is 11. The summed E-state index contributed by atoms with van der Waals surface area (Å²) in [5.41, 5.74) is 9.48. The molecule has 5 amide bonds. The van der Waals surface area contributed by atoms with Gasteiger partial charge in [0.1, 0.15) is 34.6 Å². The fraction of sp³-hybridized carbons (Fsp3) is 0.469. The molecule has 0 radical (unpaired) electrons. The predicted octanol–water partition coefficient (Wildman–Crippen LogP) is 5.54. The molecule has 3 aromatic carbocycles. The van der Waals surface area contributed by atoms with Gasteiger partial charge in [-0.15, -0.1) is 0 Å². The van der Waals surface area contributed by atoms with Crippen molar-refractivity contribution in [1.82, 2.24) is 29.8 Å². The van der Waals surface area contributed by atoms with E-state index in [9.17, 15) is 24.0 Å². The molecule has 4 fully saturated rings. The minimum absolute atomic E-state index is 0.103. The molecule has 10 rings (SSSR count). The highest BCUT2D eigenvalue weighted by molar-refractivity contribution is 6.23. The van der Waals surface area contributed by atoms with Gasteiger partial charge in [-0.1, -0.05) is 18.2 Å². The van der Waals surface area contributed by atoms with Gasteiger partial charge in [0.05, 0.1) is 17.2 Å². The molecule has 0 saturated carbocycles. The number of anilines is 2. The Morgan fingerprint density at radius 2 is 1.36 bits per heavy atom. The summed E-state index contributed by atoms with van der Waals surface area (Å²) >= 11 is 0. The van der Waals surface area contributed by atoms with Crippen LogP contribution in [0.3, 0.4) is 0 Å². The van der Waals surface area contributed by atoms with Crippen molar-refractivity contribution in [3.63, 3.8) is 0 Å². The Morgan fingerprint density at radius 1 is 0.719 bits per heavy atom. The summed E-state index contributed by atoms with van der Waals surface area (Å²) in [6.45, 7) is 9.26. The Morgan fingerprint density at radius 3 is 2.03 bits per heavy atom.